The molecule has 1 saturated carbocycles. The minimum absolute atomic E-state index is 0.0780. The molecule has 0 aromatic heterocycles. The number of rotatable bonds is 9. The van der Waals surface area contributed by atoms with E-state index < -0.39 is 23.9 Å². The summed E-state index contributed by atoms with van der Waals surface area (Å²) < 4.78 is 46.4. The molecule has 1 aromatic rings. The van der Waals surface area contributed by atoms with E-state index in [1.54, 1.807) is 22.6 Å². The Balaban J connectivity index is 2.21. The molecule has 0 radical (unpaired) electrons. The fourth-order valence-electron chi connectivity index (χ4n) is 2.21. The highest BCUT2D eigenvalue weighted by Gasteiger charge is 2.33. The third-order valence-corrected chi connectivity index (χ3v) is 9.29. The van der Waals surface area contributed by atoms with Crippen molar-refractivity contribution in [1.82, 2.24) is 0 Å². The molecule has 0 N–H and O–H groups in total. The van der Waals surface area contributed by atoms with E-state index >= 15 is 0 Å². The van der Waals surface area contributed by atoms with E-state index in [9.17, 15) is 12.8 Å². The van der Waals surface area contributed by atoms with Crippen LogP contribution >= 0.6 is 34.2 Å². The summed E-state index contributed by atoms with van der Waals surface area (Å²) in [4.78, 5) is 0. The lowest BCUT2D eigenvalue weighted by atomic mass is 10.3. The van der Waals surface area contributed by atoms with Gasteiger partial charge in [-0.2, -0.15) is 0 Å². The van der Waals surface area contributed by atoms with Crippen molar-refractivity contribution in [3.05, 3.63) is 26.5 Å². The van der Waals surface area contributed by atoms with Gasteiger partial charge in [0.05, 0.1) is 20.0 Å². The normalized spacial score (nSPS) is 15.4. The lowest BCUT2D eigenvalue weighted by Crippen LogP contribution is -2.36. The number of nitrogens with zero attached hydrogens (tertiary/aromatic N) is 1. The van der Waals surface area contributed by atoms with Crippen LogP contribution in [-0.2, 0) is 14.8 Å². The van der Waals surface area contributed by atoms with Crippen LogP contribution in [0.4, 0.5) is 10.1 Å². The second-order valence-electron chi connectivity index (χ2n) is 7.61. The first-order valence-electron chi connectivity index (χ1n) is 8.23. The molecule has 0 heterocycles. The minimum atomic E-state index is -3.57. The Morgan fingerprint density at radius 3 is 2.56 bits per heavy atom. The summed E-state index contributed by atoms with van der Waals surface area (Å²) in [6, 6.07) is 3.59. The van der Waals surface area contributed by atoms with E-state index in [-0.39, 0.29) is 32.7 Å². The smallest absolute Gasteiger partial charge is 0.237 e. The van der Waals surface area contributed by atoms with E-state index in [4.69, 9.17) is 16.3 Å². The third kappa shape index (κ3) is 6.33. The average molecular weight is 520 g/mol. The van der Waals surface area contributed by atoms with Gasteiger partial charge in [0.25, 0.3) is 0 Å². The van der Waals surface area contributed by atoms with Crippen LogP contribution in [-0.4, -0.2) is 35.6 Å². The molecule has 1 aliphatic rings. The number of hydrogen-bond acceptors (Lipinski definition) is 3. The number of sulfonamides is 1. The Morgan fingerprint density at radius 1 is 1.36 bits per heavy atom. The van der Waals surface area contributed by atoms with Gasteiger partial charge in [-0.15, -0.1) is 0 Å². The summed E-state index contributed by atoms with van der Waals surface area (Å²) >= 11 is 8.02. The highest BCUT2D eigenvalue weighted by atomic mass is 127. The van der Waals surface area contributed by atoms with Crippen LogP contribution in [0, 0.1) is 15.3 Å². The topological polar surface area (TPSA) is 46.6 Å². The van der Waals surface area contributed by atoms with Crippen molar-refractivity contribution in [2.75, 3.05) is 23.4 Å². The van der Waals surface area contributed by atoms with Crippen LogP contribution in [0.2, 0.25) is 30.7 Å². The van der Waals surface area contributed by atoms with Gasteiger partial charge in [0.15, 0.2) is 0 Å². The number of ether oxygens (including phenoxy) is 1. The zero-order valence-electron chi connectivity index (χ0n) is 14.7. The summed E-state index contributed by atoms with van der Waals surface area (Å²) in [6.45, 7) is 7.10. The standard InChI is InChI=1S/C16H24ClFINO3SSi/c1-25(2,3)9-8-23-11-20(24(21,22)10-12-4-5-12)14-7-6-13(18)16(19)15(14)17/h6-7,12H,4-5,8-11H2,1-3H3. The zero-order valence-corrected chi connectivity index (χ0v) is 19.4. The van der Waals surface area contributed by atoms with Gasteiger partial charge in [-0.25, -0.2) is 17.1 Å². The summed E-state index contributed by atoms with van der Waals surface area (Å²) in [6.07, 6.45) is 1.86. The predicted molar refractivity (Wildman–Crippen MR) is 112 cm³/mol. The molecule has 1 aromatic carbocycles. The first kappa shape index (κ1) is 21.4. The van der Waals surface area contributed by atoms with Gasteiger partial charge >= 0.3 is 0 Å². The molecule has 0 unspecified atom stereocenters. The van der Waals surface area contributed by atoms with Gasteiger partial charge < -0.3 is 4.74 Å². The largest absolute Gasteiger partial charge is 0.360 e. The van der Waals surface area contributed by atoms with Crippen molar-refractivity contribution in [3.63, 3.8) is 0 Å². The second kappa shape index (κ2) is 8.41. The van der Waals surface area contributed by atoms with Crippen LogP contribution in [0.5, 0.6) is 0 Å². The van der Waals surface area contributed by atoms with Gasteiger partial charge in [0.2, 0.25) is 10.0 Å². The Bertz CT molecular complexity index is 723. The van der Waals surface area contributed by atoms with E-state index in [1.807, 2.05) is 0 Å². The average Bonchev–Trinajstić information content (AvgIpc) is 3.28. The van der Waals surface area contributed by atoms with Gasteiger partial charge in [-0.05, 0) is 59.5 Å². The molecule has 1 aliphatic carbocycles. The Labute approximate surface area is 169 Å². The third-order valence-electron chi connectivity index (χ3n) is 3.97. The summed E-state index contributed by atoms with van der Waals surface area (Å²) in [7, 11) is -4.84. The molecular formula is C16H24ClFINO3SSi. The quantitative estimate of drug-likeness (QED) is 0.153. The van der Waals surface area contributed by atoms with Crippen molar-refractivity contribution in [2.45, 2.75) is 38.5 Å². The zero-order chi connectivity index (χ0) is 18.8. The molecule has 0 bridgehead atoms. The highest BCUT2D eigenvalue weighted by Crippen LogP contribution is 2.36. The molecule has 2 rings (SSSR count). The Hall–Kier alpha value is 0.0969. The van der Waals surface area contributed by atoms with Crippen molar-refractivity contribution >= 4 is 58.0 Å². The van der Waals surface area contributed by atoms with E-state index in [0.29, 0.717) is 6.61 Å². The van der Waals surface area contributed by atoms with Crippen LogP contribution in [0.25, 0.3) is 0 Å². The maximum atomic E-state index is 13.7. The molecule has 4 nitrogen and oxygen atoms in total. The lowest BCUT2D eigenvalue weighted by molar-refractivity contribution is 0.156. The summed E-state index contributed by atoms with van der Waals surface area (Å²) in [5, 5.41) is 0.105. The minimum Gasteiger partial charge on any atom is -0.360 e. The van der Waals surface area contributed by atoms with Crippen molar-refractivity contribution in [3.8, 4) is 0 Å². The van der Waals surface area contributed by atoms with Gasteiger partial charge in [0, 0.05) is 14.7 Å². The molecule has 0 saturated heterocycles. The first-order chi connectivity index (χ1) is 11.5. The van der Waals surface area contributed by atoms with Crippen LogP contribution in [0.1, 0.15) is 12.8 Å². The van der Waals surface area contributed by atoms with Gasteiger partial charge in [-0.3, -0.25) is 0 Å². The number of anilines is 1. The van der Waals surface area contributed by atoms with E-state index in [0.717, 1.165) is 18.9 Å². The van der Waals surface area contributed by atoms with Crippen molar-refractivity contribution in [2.24, 2.45) is 5.92 Å². The van der Waals surface area contributed by atoms with Crippen molar-refractivity contribution in [1.29, 1.82) is 0 Å². The molecule has 142 valence electrons. The fraction of sp³-hybridized carbons (Fsp3) is 0.625. The van der Waals surface area contributed by atoms with Gasteiger partial charge in [-0.1, -0.05) is 31.2 Å². The van der Waals surface area contributed by atoms with Gasteiger partial charge in [0.1, 0.15) is 12.5 Å². The molecular weight excluding hydrogens is 496 g/mol. The molecule has 9 heteroatoms. The maximum absolute atomic E-state index is 13.7. The van der Waals surface area contributed by atoms with Crippen LogP contribution in [0.15, 0.2) is 12.1 Å². The molecule has 0 spiro atoms. The summed E-state index contributed by atoms with van der Waals surface area (Å²) in [5.74, 6) is -0.185. The number of hydrogen-bond donors (Lipinski definition) is 0. The molecule has 0 atom stereocenters. The van der Waals surface area contributed by atoms with Crippen LogP contribution in [0.3, 0.4) is 0 Å². The predicted octanol–water partition coefficient (Wildman–Crippen LogP) is 4.94. The molecule has 0 amide bonds. The van der Waals surface area contributed by atoms with Crippen LogP contribution < -0.4 is 4.31 Å². The first-order valence-corrected chi connectivity index (χ1v) is 15.0. The molecule has 0 aliphatic heterocycles. The SMILES string of the molecule is C[Si](C)(C)CCOCN(c1ccc(F)c(I)c1Cl)S(=O)(=O)CC1CC1. The summed E-state index contributed by atoms with van der Waals surface area (Å²) in [5.41, 5.74) is 0.279. The van der Waals surface area contributed by atoms with Crippen molar-refractivity contribution < 1.29 is 17.5 Å². The Kier molecular flexibility index (Phi) is 7.20. The maximum Gasteiger partial charge on any atom is 0.237 e. The number of halogens is 3. The Morgan fingerprint density at radius 2 is 2.00 bits per heavy atom. The number of benzene rings is 1. The van der Waals surface area contributed by atoms with E-state index in [1.165, 1.54) is 16.4 Å². The molecule has 1 fully saturated rings. The monoisotopic (exact) mass is 519 g/mol. The van der Waals surface area contributed by atoms with E-state index in [2.05, 4.69) is 19.6 Å². The second-order valence-corrected chi connectivity index (χ2v) is 16.6. The highest BCUT2D eigenvalue weighted by molar-refractivity contribution is 14.1. The molecule has 25 heavy (non-hydrogen) atoms. The lowest BCUT2D eigenvalue weighted by Gasteiger charge is -2.26. The fourth-order valence-corrected chi connectivity index (χ4v) is 5.52.